The third-order valence-electron chi connectivity index (χ3n) is 0.304. The molecule has 0 radical (unpaired) electrons. The van der Waals surface area contributed by atoms with Gasteiger partial charge in [-0.3, -0.25) is 0 Å². The second kappa shape index (κ2) is 2.05. The van der Waals surface area contributed by atoms with Gasteiger partial charge in [0.25, 0.3) is 0 Å². The van der Waals surface area contributed by atoms with Crippen LogP contribution < -0.4 is 0 Å². The van der Waals surface area contributed by atoms with Gasteiger partial charge in [0.1, 0.15) is 0 Å². The first-order valence-corrected chi connectivity index (χ1v) is 6.57. The van der Waals surface area contributed by atoms with Crippen molar-refractivity contribution in [1.82, 2.24) is 0 Å². The number of rotatable bonds is 2. The zero-order valence-electron chi connectivity index (χ0n) is 4.28. The van der Waals surface area contributed by atoms with Crippen LogP contribution >= 0.6 is 19.1 Å². The zero-order chi connectivity index (χ0) is 6.86. The minimum absolute atomic E-state index is 0.130. The van der Waals surface area contributed by atoms with Crippen LogP contribution in [-0.2, 0) is 3.07 Å². The predicted octanol–water partition coefficient (Wildman–Crippen LogP) is -0.855. The zero-order valence-corrected chi connectivity index (χ0v) is 6.44. The number of hydrogen-bond donors (Lipinski definition) is 4. The first-order chi connectivity index (χ1) is 3.31. The summed E-state index contributed by atoms with van der Waals surface area (Å²) in [5, 5.41) is 0. The van der Waals surface area contributed by atoms with Gasteiger partial charge in [-0.1, -0.05) is 0 Å². The number of halogens is 1. The SMILES string of the molecule is CCOI(O)(O)(O)O. The average molecular weight is 240 g/mol. The van der Waals surface area contributed by atoms with Gasteiger partial charge in [0.15, 0.2) is 0 Å². The van der Waals surface area contributed by atoms with E-state index in [-0.39, 0.29) is 6.61 Å². The average Bonchev–Trinajstić information content (AvgIpc) is 1.25. The molecular weight excluding hydrogens is 231 g/mol. The molecule has 0 fully saturated rings. The standard InChI is InChI=1S/C2H9IO5/c1-2-8-3(4,5,6)7/h4-7H,2H2,1H3. The monoisotopic (exact) mass is 240 g/mol. The van der Waals surface area contributed by atoms with E-state index < -0.39 is 19.1 Å². The van der Waals surface area contributed by atoms with Crippen LogP contribution in [0.2, 0.25) is 0 Å². The molecule has 54 valence electrons. The summed E-state index contributed by atoms with van der Waals surface area (Å²) in [6.07, 6.45) is 0. The van der Waals surface area contributed by atoms with Crippen molar-refractivity contribution in [2.45, 2.75) is 6.92 Å². The summed E-state index contributed by atoms with van der Waals surface area (Å²) >= 11 is -6.14. The Morgan fingerprint density at radius 2 is 1.62 bits per heavy atom. The summed E-state index contributed by atoms with van der Waals surface area (Å²) in [6, 6.07) is 0. The van der Waals surface area contributed by atoms with Gasteiger partial charge in [0, 0.05) is 0 Å². The Morgan fingerprint density at radius 1 is 1.25 bits per heavy atom. The van der Waals surface area contributed by atoms with Gasteiger partial charge < -0.3 is 0 Å². The molecule has 0 aliphatic carbocycles. The van der Waals surface area contributed by atoms with E-state index in [1.54, 1.807) is 0 Å². The molecule has 5 nitrogen and oxygen atoms in total. The predicted molar refractivity (Wildman–Crippen MR) is 34.5 cm³/mol. The molecule has 6 heteroatoms. The first-order valence-electron chi connectivity index (χ1n) is 1.83. The van der Waals surface area contributed by atoms with E-state index in [2.05, 4.69) is 3.07 Å². The van der Waals surface area contributed by atoms with Crippen molar-refractivity contribution in [3.63, 3.8) is 0 Å². The molecular formula is C2H9IO5. The van der Waals surface area contributed by atoms with Crippen LogP contribution in [0.5, 0.6) is 0 Å². The molecule has 0 heterocycles. The second-order valence-corrected chi connectivity index (χ2v) is 5.91. The normalized spacial score (nSPS) is 17.4. The Hall–Kier alpha value is 0.530. The maximum absolute atomic E-state index is 8.11. The molecule has 0 atom stereocenters. The Balaban J connectivity index is 3.73. The third-order valence-corrected chi connectivity index (χ3v) is 2.04. The van der Waals surface area contributed by atoms with Crippen LogP contribution in [-0.4, -0.2) is 20.4 Å². The van der Waals surface area contributed by atoms with Crippen molar-refractivity contribution in [2.75, 3.05) is 6.61 Å². The molecule has 0 aromatic heterocycles. The van der Waals surface area contributed by atoms with E-state index in [0.717, 1.165) is 0 Å². The Kier molecular flexibility index (Phi) is 2.18. The molecule has 8 heavy (non-hydrogen) atoms. The minimum atomic E-state index is -6.14. The second-order valence-electron chi connectivity index (χ2n) is 1.13. The topological polar surface area (TPSA) is 90.2 Å². The van der Waals surface area contributed by atoms with Gasteiger partial charge in [-0.15, -0.1) is 0 Å². The van der Waals surface area contributed by atoms with Crippen LogP contribution in [0.1, 0.15) is 6.92 Å². The van der Waals surface area contributed by atoms with Crippen molar-refractivity contribution >= 4 is 19.1 Å². The summed E-state index contributed by atoms with van der Waals surface area (Å²) in [5.41, 5.74) is 0. The van der Waals surface area contributed by atoms with Crippen molar-refractivity contribution in [3.8, 4) is 0 Å². The van der Waals surface area contributed by atoms with Crippen molar-refractivity contribution in [2.24, 2.45) is 0 Å². The van der Waals surface area contributed by atoms with Crippen molar-refractivity contribution in [1.29, 1.82) is 0 Å². The van der Waals surface area contributed by atoms with Crippen LogP contribution in [0, 0.1) is 0 Å². The fourth-order valence-corrected chi connectivity index (χ4v) is 1.31. The molecule has 0 unspecified atom stereocenters. The third kappa shape index (κ3) is 6.53. The molecule has 0 amide bonds. The molecule has 0 aliphatic rings. The Labute approximate surface area is 49.9 Å². The molecule has 0 saturated carbocycles. The molecule has 0 aromatic carbocycles. The van der Waals surface area contributed by atoms with Crippen LogP contribution in [0.3, 0.4) is 0 Å². The van der Waals surface area contributed by atoms with Gasteiger partial charge in [-0.2, -0.15) is 0 Å². The van der Waals surface area contributed by atoms with Gasteiger partial charge in [0.05, 0.1) is 0 Å². The molecule has 0 aromatic rings. The fraction of sp³-hybridized carbons (Fsp3) is 1.00. The molecule has 0 bridgehead atoms. The summed E-state index contributed by atoms with van der Waals surface area (Å²) in [5.74, 6) is 0. The maximum atomic E-state index is 8.11. The Bertz CT molecular complexity index is 72.9. The van der Waals surface area contributed by atoms with Crippen molar-refractivity contribution < 1.29 is 16.8 Å². The summed E-state index contributed by atoms with van der Waals surface area (Å²) in [4.78, 5) is 0. The van der Waals surface area contributed by atoms with Crippen LogP contribution in [0.15, 0.2) is 0 Å². The molecule has 0 rings (SSSR count). The summed E-state index contributed by atoms with van der Waals surface area (Å²) < 4.78 is 36.3. The van der Waals surface area contributed by atoms with E-state index in [1.165, 1.54) is 6.92 Å². The fourth-order valence-electron chi connectivity index (χ4n) is 0.195. The van der Waals surface area contributed by atoms with Gasteiger partial charge in [0.2, 0.25) is 0 Å². The molecule has 4 N–H and O–H groups in total. The van der Waals surface area contributed by atoms with Gasteiger partial charge >= 0.3 is 49.5 Å². The number of hydrogen-bond acceptors (Lipinski definition) is 5. The van der Waals surface area contributed by atoms with E-state index in [9.17, 15) is 0 Å². The molecule has 0 saturated heterocycles. The summed E-state index contributed by atoms with van der Waals surface area (Å²) in [7, 11) is 0. The van der Waals surface area contributed by atoms with Crippen molar-refractivity contribution in [3.05, 3.63) is 0 Å². The molecule has 0 spiro atoms. The van der Waals surface area contributed by atoms with E-state index in [1.807, 2.05) is 0 Å². The van der Waals surface area contributed by atoms with Crippen LogP contribution in [0.25, 0.3) is 0 Å². The molecule has 0 aliphatic heterocycles. The quantitative estimate of drug-likeness (QED) is 0.472. The van der Waals surface area contributed by atoms with Gasteiger partial charge in [-0.25, -0.2) is 0 Å². The van der Waals surface area contributed by atoms with Gasteiger partial charge in [-0.05, 0) is 0 Å². The first kappa shape index (κ1) is 8.53. The summed E-state index contributed by atoms with van der Waals surface area (Å²) in [6.45, 7) is 1.29. The van der Waals surface area contributed by atoms with E-state index in [4.69, 9.17) is 13.7 Å². The van der Waals surface area contributed by atoms with Crippen LogP contribution in [0.4, 0.5) is 0 Å². The Morgan fingerprint density at radius 3 is 1.62 bits per heavy atom. The van der Waals surface area contributed by atoms with E-state index >= 15 is 0 Å². The van der Waals surface area contributed by atoms with E-state index in [0.29, 0.717) is 0 Å².